The molecule has 1 aliphatic heterocycles. The van der Waals surface area contributed by atoms with Gasteiger partial charge < -0.3 is 5.32 Å². The van der Waals surface area contributed by atoms with Crippen molar-refractivity contribution in [2.45, 2.75) is 31.7 Å². The fourth-order valence-electron chi connectivity index (χ4n) is 2.71. The second-order valence-electron chi connectivity index (χ2n) is 4.87. The fourth-order valence-corrected chi connectivity index (χ4v) is 2.71. The summed E-state index contributed by atoms with van der Waals surface area (Å²) in [6.07, 6.45) is 2.59. The van der Waals surface area contributed by atoms with E-state index in [2.05, 4.69) is 18.3 Å². The van der Waals surface area contributed by atoms with Crippen molar-refractivity contribution in [2.24, 2.45) is 5.92 Å². The Morgan fingerprint density at radius 3 is 2.87 bits per heavy atom. The summed E-state index contributed by atoms with van der Waals surface area (Å²) in [7, 11) is 0. The van der Waals surface area contributed by atoms with Crippen molar-refractivity contribution in [1.29, 1.82) is 0 Å². The van der Waals surface area contributed by atoms with Gasteiger partial charge in [-0.15, -0.1) is 0 Å². The maximum Gasteiger partial charge on any atom is 0.127 e. The van der Waals surface area contributed by atoms with E-state index in [4.69, 9.17) is 0 Å². The summed E-state index contributed by atoms with van der Waals surface area (Å²) < 4.78 is 13.8. The van der Waals surface area contributed by atoms with Gasteiger partial charge in [0, 0.05) is 12.6 Å². The Kier molecular flexibility index (Phi) is 2.06. The van der Waals surface area contributed by atoms with Gasteiger partial charge in [0.05, 0.1) is 0 Å². The van der Waals surface area contributed by atoms with Gasteiger partial charge in [0.15, 0.2) is 0 Å². The summed E-state index contributed by atoms with van der Waals surface area (Å²) in [5.41, 5.74) is 2.16. The van der Waals surface area contributed by atoms with Gasteiger partial charge in [0.1, 0.15) is 5.82 Å². The van der Waals surface area contributed by atoms with Crippen LogP contribution in [0.1, 0.15) is 42.9 Å². The maximum absolute atomic E-state index is 13.8. The maximum atomic E-state index is 13.8. The lowest BCUT2D eigenvalue weighted by molar-refractivity contribution is 0.416. The lowest BCUT2D eigenvalue weighted by Crippen LogP contribution is -2.33. The highest BCUT2D eigenvalue weighted by atomic mass is 19.1. The molecule has 1 heterocycles. The zero-order chi connectivity index (χ0) is 10.4. The predicted octanol–water partition coefficient (Wildman–Crippen LogP) is 2.98. The van der Waals surface area contributed by atoms with Gasteiger partial charge in [-0.25, -0.2) is 4.39 Å². The Bertz CT molecular complexity index is 384. The number of nitrogens with one attached hydrogen (secondary N) is 1. The van der Waals surface area contributed by atoms with Crippen molar-refractivity contribution in [3.8, 4) is 0 Å². The van der Waals surface area contributed by atoms with Gasteiger partial charge in [0.25, 0.3) is 0 Å². The standard InChI is InChI=1S/C13H16FN/c1-8-7-15-13(9-5-6-9)10-3-2-4-11(14)12(8)10/h2-4,8-9,13,15H,5-7H2,1H3. The molecule has 2 unspecified atom stereocenters. The van der Waals surface area contributed by atoms with Crippen LogP contribution in [-0.2, 0) is 0 Å². The third-order valence-electron chi connectivity index (χ3n) is 3.65. The SMILES string of the molecule is CC1CNC(C2CC2)c2cccc(F)c21. The Hall–Kier alpha value is -0.890. The molecule has 0 spiro atoms. The number of halogens is 1. The molecule has 0 amide bonds. The van der Waals surface area contributed by atoms with Crippen LogP contribution in [0.3, 0.4) is 0 Å². The molecule has 0 saturated heterocycles. The molecule has 2 atom stereocenters. The summed E-state index contributed by atoms with van der Waals surface area (Å²) in [6, 6.07) is 5.92. The normalized spacial score (nSPS) is 30.0. The molecule has 1 nitrogen and oxygen atoms in total. The van der Waals surface area contributed by atoms with Crippen molar-refractivity contribution >= 4 is 0 Å². The van der Waals surface area contributed by atoms with E-state index in [1.54, 1.807) is 6.07 Å². The van der Waals surface area contributed by atoms with Gasteiger partial charge in [-0.3, -0.25) is 0 Å². The minimum atomic E-state index is -0.0212. The highest BCUT2D eigenvalue weighted by Crippen LogP contribution is 2.45. The summed E-state index contributed by atoms with van der Waals surface area (Å²) >= 11 is 0. The van der Waals surface area contributed by atoms with E-state index >= 15 is 0 Å². The molecule has 1 N–H and O–H groups in total. The van der Waals surface area contributed by atoms with E-state index in [0.717, 1.165) is 18.0 Å². The molecule has 2 aliphatic rings. The summed E-state index contributed by atoms with van der Waals surface area (Å²) in [5, 5.41) is 3.55. The zero-order valence-electron chi connectivity index (χ0n) is 8.96. The second-order valence-corrected chi connectivity index (χ2v) is 4.87. The third-order valence-corrected chi connectivity index (χ3v) is 3.65. The van der Waals surface area contributed by atoms with Crippen LogP contribution in [0.25, 0.3) is 0 Å². The monoisotopic (exact) mass is 205 g/mol. The summed E-state index contributed by atoms with van der Waals surface area (Å²) in [4.78, 5) is 0. The molecular formula is C13H16FN. The lowest BCUT2D eigenvalue weighted by atomic mass is 9.85. The van der Waals surface area contributed by atoms with Gasteiger partial charge in [-0.05, 0) is 41.9 Å². The van der Waals surface area contributed by atoms with Gasteiger partial charge in [0.2, 0.25) is 0 Å². The van der Waals surface area contributed by atoms with Crippen LogP contribution >= 0.6 is 0 Å². The Morgan fingerprint density at radius 2 is 2.13 bits per heavy atom. The minimum Gasteiger partial charge on any atom is -0.309 e. The molecule has 1 fully saturated rings. The van der Waals surface area contributed by atoms with Crippen LogP contribution < -0.4 is 5.32 Å². The average Bonchev–Trinajstić information content (AvgIpc) is 3.02. The quantitative estimate of drug-likeness (QED) is 0.743. The van der Waals surface area contributed by atoms with Crippen molar-refractivity contribution in [3.05, 3.63) is 35.1 Å². The second kappa shape index (κ2) is 3.31. The molecule has 0 bridgehead atoms. The van der Waals surface area contributed by atoms with Gasteiger partial charge in [-0.1, -0.05) is 19.1 Å². The molecular weight excluding hydrogens is 189 g/mol. The van der Waals surface area contributed by atoms with Crippen molar-refractivity contribution in [2.75, 3.05) is 6.54 Å². The van der Waals surface area contributed by atoms with E-state index in [0.29, 0.717) is 12.0 Å². The number of rotatable bonds is 1. The molecule has 1 aromatic rings. The highest BCUT2D eigenvalue weighted by Gasteiger charge is 2.37. The first-order valence-corrected chi connectivity index (χ1v) is 5.79. The minimum absolute atomic E-state index is 0.0212. The Morgan fingerprint density at radius 1 is 1.33 bits per heavy atom. The third kappa shape index (κ3) is 1.48. The van der Waals surface area contributed by atoms with Crippen LogP contribution in [0.5, 0.6) is 0 Å². The molecule has 0 aromatic heterocycles. The van der Waals surface area contributed by atoms with E-state index in [-0.39, 0.29) is 5.82 Å². The zero-order valence-corrected chi connectivity index (χ0v) is 8.96. The first kappa shape index (κ1) is 9.34. The van der Waals surface area contributed by atoms with Crippen LogP contribution in [0, 0.1) is 11.7 Å². The number of benzene rings is 1. The van der Waals surface area contributed by atoms with E-state index in [1.807, 2.05) is 6.07 Å². The van der Waals surface area contributed by atoms with E-state index in [1.165, 1.54) is 18.4 Å². The molecule has 1 aromatic carbocycles. The van der Waals surface area contributed by atoms with Crippen molar-refractivity contribution < 1.29 is 4.39 Å². The van der Waals surface area contributed by atoms with Crippen molar-refractivity contribution in [1.82, 2.24) is 5.32 Å². The lowest BCUT2D eigenvalue weighted by Gasteiger charge is -2.31. The number of hydrogen-bond acceptors (Lipinski definition) is 1. The average molecular weight is 205 g/mol. The molecule has 0 radical (unpaired) electrons. The fraction of sp³-hybridized carbons (Fsp3) is 0.538. The van der Waals surface area contributed by atoms with E-state index in [9.17, 15) is 4.39 Å². The molecule has 80 valence electrons. The first-order chi connectivity index (χ1) is 7.27. The summed E-state index contributed by atoms with van der Waals surface area (Å²) in [6.45, 7) is 3.01. The molecule has 3 rings (SSSR count). The highest BCUT2D eigenvalue weighted by molar-refractivity contribution is 5.37. The van der Waals surface area contributed by atoms with Crippen LogP contribution in [0.4, 0.5) is 4.39 Å². The largest absolute Gasteiger partial charge is 0.309 e. The van der Waals surface area contributed by atoms with Crippen LogP contribution in [-0.4, -0.2) is 6.54 Å². The number of fused-ring (bicyclic) bond motifs is 1. The topological polar surface area (TPSA) is 12.0 Å². The van der Waals surface area contributed by atoms with Crippen molar-refractivity contribution in [3.63, 3.8) is 0 Å². The predicted molar refractivity (Wildman–Crippen MR) is 58.3 cm³/mol. The summed E-state index contributed by atoms with van der Waals surface area (Å²) in [5.74, 6) is 1.03. The number of hydrogen-bond donors (Lipinski definition) is 1. The molecule has 15 heavy (non-hydrogen) atoms. The van der Waals surface area contributed by atoms with E-state index < -0.39 is 0 Å². The first-order valence-electron chi connectivity index (χ1n) is 5.79. The smallest absolute Gasteiger partial charge is 0.127 e. The van der Waals surface area contributed by atoms with Crippen LogP contribution in [0.15, 0.2) is 18.2 Å². The van der Waals surface area contributed by atoms with Gasteiger partial charge in [-0.2, -0.15) is 0 Å². The Balaban J connectivity index is 2.08. The molecule has 1 aliphatic carbocycles. The Labute approximate surface area is 89.7 Å². The molecule has 2 heteroatoms. The molecule has 1 saturated carbocycles. The van der Waals surface area contributed by atoms with Crippen LogP contribution in [0.2, 0.25) is 0 Å². The van der Waals surface area contributed by atoms with Gasteiger partial charge >= 0.3 is 0 Å².